The number of nitrogens with one attached hydrogen (secondary N) is 2. The van der Waals surface area contributed by atoms with Gasteiger partial charge in [-0.25, -0.2) is 14.3 Å². The van der Waals surface area contributed by atoms with Gasteiger partial charge in [0, 0.05) is 16.8 Å². The quantitative estimate of drug-likeness (QED) is 0.328. The smallest absolute Gasteiger partial charge is 0.329 e. The van der Waals surface area contributed by atoms with Crippen LogP contribution in [0.4, 0.5) is 23.7 Å². The molecule has 9 heteroatoms. The maximum absolute atomic E-state index is 12.3. The van der Waals surface area contributed by atoms with E-state index in [1.807, 2.05) is 18.2 Å². The number of hydrogen-bond donors (Lipinski definition) is 2. The molecule has 0 saturated carbocycles. The first-order valence-electron chi connectivity index (χ1n) is 11.1. The van der Waals surface area contributed by atoms with Gasteiger partial charge in [-0.05, 0) is 48.6 Å². The number of anilines is 1. The monoisotopic (exact) mass is 479 g/mol. The van der Waals surface area contributed by atoms with Crippen molar-refractivity contribution in [2.45, 2.75) is 25.4 Å². The number of nitrogens with zero attached hydrogens (tertiary/aromatic N) is 3. The molecule has 1 atom stereocenters. The molecule has 35 heavy (non-hydrogen) atoms. The first-order chi connectivity index (χ1) is 16.7. The Bertz CT molecular complexity index is 1310. The van der Waals surface area contributed by atoms with Gasteiger partial charge in [-0.2, -0.15) is 18.3 Å². The number of carbonyl (C=O) groups is 1. The maximum atomic E-state index is 12.3. The van der Waals surface area contributed by atoms with Crippen LogP contribution in [0, 0.1) is 13.3 Å². The molecule has 2 N–H and O–H groups in total. The molecule has 2 aromatic carbocycles. The third-order valence-corrected chi connectivity index (χ3v) is 5.42. The lowest BCUT2D eigenvalue weighted by molar-refractivity contribution is -0.122. The summed E-state index contributed by atoms with van der Waals surface area (Å²) in [4.78, 5) is 16.2. The van der Waals surface area contributed by atoms with Crippen LogP contribution in [-0.4, -0.2) is 33.4 Å². The maximum Gasteiger partial charge on any atom is 0.405 e. The number of hydrogen-bond acceptors (Lipinski definition) is 3. The topological polar surface area (TPSA) is 71.3 Å². The lowest BCUT2D eigenvalue weighted by Gasteiger charge is -2.11. The molecule has 180 valence electrons. The summed E-state index contributed by atoms with van der Waals surface area (Å²) < 4.78 is 38.6. The van der Waals surface area contributed by atoms with E-state index >= 15 is 0 Å². The molecule has 2 amide bonds. The highest BCUT2D eigenvalue weighted by Gasteiger charge is 2.27. The lowest BCUT2D eigenvalue weighted by Crippen LogP contribution is -2.36. The van der Waals surface area contributed by atoms with E-state index in [9.17, 15) is 18.0 Å². The molecule has 0 spiro atoms. The molecule has 0 fully saturated rings. The van der Waals surface area contributed by atoms with Gasteiger partial charge in [0.25, 0.3) is 0 Å². The van der Waals surface area contributed by atoms with Crippen LogP contribution in [0.25, 0.3) is 28.0 Å². The number of rotatable bonds is 7. The van der Waals surface area contributed by atoms with Gasteiger partial charge in [0.2, 0.25) is 0 Å². The van der Waals surface area contributed by atoms with E-state index in [0.717, 1.165) is 23.1 Å². The molecule has 4 rings (SSSR count). The molecule has 4 aromatic rings. The average molecular weight is 480 g/mol. The number of amides is 2. The molecular formula is C26H24F3N5O. The molecule has 2 radical (unpaired) electrons. The molecule has 2 heterocycles. The number of alkyl halides is 3. The van der Waals surface area contributed by atoms with Gasteiger partial charge in [0.1, 0.15) is 6.54 Å². The fourth-order valence-corrected chi connectivity index (χ4v) is 3.69. The summed E-state index contributed by atoms with van der Waals surface area (Å²) in [7, 11) is 0. The Morgan fingerprint density at radius 3 is 2.57 bits per heavy atom. The van der Waals surface area contributed by atoms with Crippen molar-refractivity contribution in [3.63, 3.8) is 0 Å². The van der Waals surface area contributed by atoms with E-state index in [0.29, 0.717) is 22.6 Å². The summed E-state index contributed by atoms with van der Waals surface area (Å²) in [6, 6.07) is 15.9. The highest BCUT2D eigenvalue weighted by molar-refractivity contribution is 5.90. The summed E-state index contributed by atoms with van der Waals surface area (Å²) in [5.41, 5.74) is 5.43. The molecular weight excluding hydrogens is 455 g/mol. The van der Waals surface area contributed by atoms with Crippen molar-refractivity contribution in [2.75, 3.05) is 11.9 Å². The number of urea groups is 1. The number of halogens is 3. The Balaban J connectivity index is 1.53. The van der Waals surface area contributed by atoms with Crippen molar-refractivity contribution in [2.24, 2.45) is 0 Å². The van der Waals surface area contributed by atoms with Crippen molar-refractivity contribution >= 4 is 17.4 Å². The van der Waals surface area contributed by atoms with E-state index in [1.165, 1.54) is 0 Å². The lowest BCUT2D eigenvalue weighted by atomic mass is 9.95. The third-order valence-electron chi connectivity index (χ3n) is 5.42. The van der Waals surface area contributed by atoms with Gasteiger partial charge in [-0.15, -0.1) is 0 Å². The van der Waals surface area contributed by atoms with Gasteiger partial charge in [0.05, 0.1) is 18.1 Å². The fourth-order valence-electron chi connectivity index (χ4n) is 3.69. The molecule has 0 saturated heterocycles. The SMILES string of the molecule is [CH2]C([CH]CC)c1ccc(-c2cnn3c(-c4cccc(NC(=O)NCC(F)(F)F)c4)cnc3c2)cc1. The van der Waals surface area contributed by atoms with E-state index in [1.54, 1.807) is 46.5 Å². The van der Waals surface area contributed by atoms with Gasteiger partial charge in [-0.1, -0.05) is 49.7 Å². The standard InChI is InChI=1S/C26H24F3N5O/c1-3-5-17(2)18-8-10-19(11-9-18)21-13-24-30-15-23(34(24)32-14-21)20-6-4-7-22(12-20)33-25(35)31-16-26(27,28)29/h4-15,17H,2-3,16H2,1H3,(H2,31,33,35). The van der Waals surface area contributed by atoms with Crippen LogP contribution < -0.4 is 10.6 Å². The van der Waals surface area contributed by atoms with Crippen molar-refractivity contribution in [3.05, 3.63) is 85.9 Å². The van der Waals surface area contributed by atoms with Gasteiger partial charge < -0.3 is 10.6 Å². The summed E-state index contributed by atoms with van der Waals surface area (Å²) >= 11 is 0. The van der Waals surface area contributed by atoms with Crippen LogP contribution in [0.15, 0.2) is 67.0 Å². The molecule has 0 bridgehead atoms. The van der Waals surface area contributed by atoms with E-state index in [4.69, 9.17) is 0 Å². The summed E-state index contributed by atoms with van der Waals surface area (Å²) in [6.45, 7) is 4.84. The first kappa shape index (κ1) is 24.3. The van der Waals surface area contributed by atoms with Crippen molar-refractivity contribution in [3.8, 4) is 22.4 Å². The largest absolute Gasteiger partial charge is 0.405 e. The molecule has 0 aliphatic rings. The second-order valence-electron chi connectivity index (χ2n) is 8.03. The Kier molecular flexibility index (Phi) is 7.04. The minimum atomic E-state index is -4.48. The van der Waals surface area contributed by atoms with Crippen LogP contribution >= 0.6 is 0 Å². The number of imidazole rings is 1. The average Bonchev–Trinajstić information content (AvgIpc) is 3.26. The molecule has 6 nitrogen and oxygen atoms in total. The Labute approximate surface area is 201 Å². The number of fused-ring (bicyclic) bond motifs is 1. The zero-order chi connectivity index (χ0) is 25.0. The number of aromatic nitrogens is 3. The zero-order valence-electron chi connectivity index (χ0n) is 19.0. The second-order valence-corrected chi connectivity index (χ2v) is 8.03. The highest BCUT2D eigenvalue weighted by Crippen LogP contribution is 2.27. The molecule has 2 aromatic heterocycles. The van der Waals surface area contributed by atoms with Crippen LogP contribution in [0.1, 0.15) is 24.8 Å². The summed E-state index contributed by atoms with van der Waals surface area (Å²) in [5.74, 6) is 0.144. The van der Waals surface area contributed by atoms with E-state index in [2.05, 4.69) is 47.8 Å². The van der Waals surface area contributed by atoms with Crippen LogP contribution in [0.5, 0.6) is 0 Å². The van der Waals surface area contributed by atoms with Crippen LogP contribution in [0.3, 0.4) is 0 Å². The minimum absolute atomic E-state index is 0.144. The predicted molar refractivity (Wildman–Crippen MR) is 130 cm³/mol. The Hall–Kier alpha value is -3.88. The number of benzene rings is 2. The zero-order valence-corrected chi connectivity index (χ0v) is 19.0. The van der Waals surface area contributed by atoms with E-state index in [-0.39, 0.29) is 5.92 Å². The van der Waals surface area contributed by atoms with Crippen molar-refractivity contribution < 1.29 is 18.0 Å². The summed E-state index contributed by atoms with van der Waals surface area (Å²) in [5, 5.41) is 8.73. The van der Waals surface area contributed by atoms with Gasteiger partial charge in [0.15, 0.2) is 5.65 Å². The summed E-state index contributed by atoms with van der Waals surface area (Å²) in [6.07, 6.45) is 2.05. The van der Waals surface area contributed by atoms with Crippen molar-refractivity contribution in [1.82, 2.24) is 19.9 Å². The van der Waals surface area contributed by atoms with Crippen molar-refractivity contribution in [1.29, 1.82) is 0 Å². The Morgan fingerprint density at radius 2 is 1.86 bits per heavy atom. The van der Waals surface area contributed by atoms with Gasteiger partial charge in [-0.3, -0.25) is 0 Å². The molecule has 0 aliphatic heterocycles. The predicted octanol–water partition coefficient (Wildman–Crippen LogP) is 6.28. The highest BCUT2D eigenvalue weighted by atomic mass is 19.4. The van der Waals surface area contributed by atoms with E-state index < -0.39 is 18.8 Å². The van der Waals surface area contributed by atoms with Crippen LogP contribution in [-0.2, 0) is 0 Å². The van der Waals surface area contributed by atoms with Crippen LogP contribution in [0.2, 0.25) is 0 Å². The number of carbonyl (C=O) groups excluding carboxylic acids is 1. The minimum Gasteiger partial charge on any atom is -0.329 e. The fraction of sp³-hybridized carbons (Fsp3) is 0.192. The third kappa shape index (κ3) is 5.98. The first-order valence-corrected chi connectivity index (χ1v) is 11.1. The Morgan fingerprint density at radius 1 is 1.09 bits per heavy atom. The molecule has 0 aliphatic carbocycles. The normalized spacial score (nSPS) is 12.5. The molecule has 1 unspecified atom stereocenters. The van der Waals surface area contributed by atoms with Gasteiger partial charge >= 0.3 is 12.2 Å². The second kappa shape index (κ2) is 10.2.